The molecule has 0 unspecified atom stereocenters. The van der Waals surface area contributed by atoms with E-state index in [4.69, 9.17) is 9.47 Å². The van der Waals surface area contributed by atoms with Gasteiger partial charge >= 0.3 is 6.09 Å². The van der Waals surface area contributed by atoms with Crippen LogP contribution in [0.15, 0.2) is 65.8 Å². The highest BCUT2D eigenvalue weighted by molar-refractivity contribution is 7.93. The van der Waals surface area contributed by atoms with Crippen molar-refractivity contribution in [3.8, 4) is 0 Å². The van der Waals surface area contributed by atoms with Crippen molar-refractivity contribution in [2.75, 3.05) is 11.3 Å². The normalized spacial score (nSPS) is 17.8. The zero-order chi connectivity index (χ0) is 26.1. The molecular weight excluding hydrogens is 478 g/mol. The largest absolute Gasteiger partial charge is 0.444 e. The molecule has 192 valence electrons. The lowest BCUT2D eigenvalue weighted by Crippen LogP contribution is -2.49. The van der Waals surface area contributed by atoms with Gasteiger partial charge in [-0.25, -0.2) is 13.2 Å². The number of hydrogen-bond acceptors (Lipinski definition) is 6. The van der Waals surface area contributed by atoms with Crippen molar-refractivity contribution in [2.45, 2.75) is 69.7 Å². The first kappa shape index (κ1) is 25.9. The summed E-state index contributed by atoms with van der Waals surface area (Å²) < 4.78 is 40.3. The minimum Gasteiger partial charge on any atom is -0.444 e. The predicted molar refractivity (Wildman–Crippen MR) is 139 cm³/mol. The number of nitrogens with one attached hydrogen (secondary N) is 1. The Morgan fingerprint density at radius 3 is 2.58 bits per heavy atom. The Bertz CT molecular complexity index is 1340. The fraction of sp³-hybridized carbons (Fsp3) is 0.407. The van der Waals surface area contributed by atoms with Gasteiger partial charge in [0.05, 0.1) is 17.5 Å². The average Bonchev–Trinajstić information content (AvgIpc) is 3.11. The second-order valence-electron chi connectivity index (χ2n) is 10.5. The molecule has 1 saturated heterocycles. The molecule has 1 aliphatic heterocycles. The number of ether oxygens (including phenoxy) is 2. The van der Waals surface area contributed by atoms with E-state index in [1.54, 1.807) is 47.6 Å². The van der Waals surface area contributed by atoms with Gasteiger partial charge in [0.2, 0.25) is 0 Å². The molecule has 0 saturated carbocycles. The number of carbonyl (C=O) groups excluding carboxylic acids is 1. The number of hydrogen-bond donors (Lipinski definition) is 1. The summed E-state index contributed by atoms with van der Waals surface area (Å²) in [5.74, 6) is 0. The number of anilines is 1. The van der Waals surface area contributed by atoms with Gasteiger partial charge < -0.3 is 9.47 Å². The van der Waals surface area contributed by atoms with E-state index in [2.05, 4.69) is 9.71 Å². The summed E-state index contributed by atoms with van der Waals surface area (Å²) in [5, 5.41) is 1.38. The van der Waals surface area contributed by atoms with Crippen LogP contribution < -0.4 is 4.72 Å². The fourth-order valence-corrected chi connectivity index (χ4v) is 5.68. The predicted octanol–water partition coefficient (Wildman–Crippen LogP) is 5.34. The molecule has 1 aromatic heterocycles. The summed E-state index contributed by atoms with van der Waals surface area (Å²) in [6.07, 6.45) is 4.23. The Hall–Kier alpha value is -3.17. The van der Waals surface area contributed by atoms with E-state index < -0.39 is 21.3 Å². The lowest BCUT2D eigenvalue weighted by atomic mass is 10.0. The van der Waals surface area contributed by atoms with Crippen LogP contribution in [0.2, 0.25) is 0 Å². The topological polar surface area (TPSA) is 97.8 Å². The van der Waals surface area contributed by atoms with Crippen molar-refractivity contribution in [1.82, 2.24) is 9.88 Å². The van der Waals surface area contributed by atoms with Gasteiger partial charge in [-0.05, 0) is 77.3 Å². The third kappa shape index (κ3) is 5.79. The molecule has 3 aromatic rings. The highest BCUT2D eigenvalue weighted by atomic mass is 32.2. The molecule has 0 bridgehead atoms. The number of fused-ring (bicyclic) bond motifs is 1. The van der Waals surface area contributed by atoms with Crippen molar-refractivity contribution >= 4 is 32.6 Å². The minimum atomic E-state index is -3.78. The van der Waals surface area contributed by atoms with Crippen molar-refractivity contribution in [3.63, 3.8) is 0 Å². The Morgan fingerprint density at radius 2 is 1.89 bits per heavy atom. The van der Waals surface area contributed by atoms with Gasteiger partial charge in [0, 0.05) is 28.9 Å². The summed E-state index contributed by atoms with van der Waals surface area (Å²) in [6, 6.07) is 14.0. The maximum atomic E-state index is 13.1. The van der Waals surface area contributed by atoms with Crippen LogP contribution in [0.1, 0.15) is 46.6 Å². The number of nitrogens with zero attached hydrogens (tertiary/aromatic N) is 2. The standard InChI is InChI=1S/C27H33N3O5S/c1-26(2,3)35-25(31)30-22(18-34-27(30,4)5)14-11-19-9-12-21(13-10-19)29-36(32,33)24-8-6-7-20-17-28-16-15-23(20)24/h6-10,12-13,15-17,22,29H,11,14,18H2,1-5H3/t22-/m0/s1. The number of carbonyl (C=O) groups is 1. The summed E-state index contributed by atoms with van der Waals surface area (Å²) >= 11 is 0. The number of rotatable bonds is 6. The molecule has 1 aliphatic rings. The van der Waals surface area contributed by atoms with Crippen LogP contribution in [0.25, 0.3) is 10.8 Å². The molecule has 36 heavy (non-hydrogen) atoms. The van der Waals surface area contributed by atoms with E-state index in [1.807, 2.05) is 52.8 Å². The average molecular weight is 512 g/mol. The number of aryl methyl sites for hydroxylation is 1. The minimum absolute atomic E-state index is 0.117. The number of amides is 1. The Kier molecular flexibility index (Phi) is 6.99. The van der Waals surface area contributed by atoms with E-state index >= 15 is 0 Å². The Morgan fingerprint density at radius 1 is 1.17 bits per heavy atom. The molecule has 0 spiro atoms. The molecule has 2 heterocycles. The zero-order valence-electron chi connectivity index (χ0n) is 21.3. The van der Waals surface area contributed by atoms with Gasteiger partial charge in [0.25, 0.3) is 10.0 Å². The smallest absolute Gasteiger partial charge is 0.412 e. The molecule has 0 radical (unpaired) electrons. The summed E-state index contributed by atoms with van der Waals surface area (Å²) in [4.78, 5) is 18.8. The van der Waals surface area contributed by atoms with Crippen LogP contribution in [0, 0.1) is 0 Å². The highest BCUT2D eigenvalue weighted by Crippen LogP contribution is 2.32. The molecule has 0 aliphatic carbocycles. The van der Waals surface area contributed by atoms with E-state index in [0.29, 0.717) is 30.5 Å². The first-order valence-corrected chi connectivity index (χ1v) is 13.4. The van der Waals surface area contributed by atoms with Crippen LogP contribution in [0.5, 0.6) is 0 Å². The monoisotopic (exact) mass is 511 g/mol. The van der Waals surface area contributed by atoms with Crippen molar-refractivity contribution in [1.29, 1.82) is 0 Å². The van der Waals surface area contributed by atoms with Gasteiger partial charge in [-0.2, -0.15) is 0 Å². The zero-order valence-corrected chi connectivity index (χ0v) is 22.1. The van der Waals surface area contributed by atoms with Crippen LogP contribution in [0.3, 0.4) is 0 Å². The molecule has 1 atom stereocenters. The van der Waals surface area contributed by atoms with Crippen molar-refractivity contribution in [2.24, 2.45) is 0 Å². The number of benzene rings is 2. The highest BCUT2D eigenvalue weighted by Gasteiger charge is 2.45. The van der Waals surface area contributed by atoms with Crippen LogP contribution in [-0.4, -0.2) is 48.4 Å². The van der Waals surface area contributed by atoms with E-state index in [1.165, 1.54) is 0 Å². The fourth-order valence-electron chi connectivity index (χ4n) is 4.39. The second-order valence-corrected chi connectivity index (χ2v) is 12.1. The van der Waals surface area contributed by atoms with Crippen LogP contribution >= 0.6 is 0 Å². The molecule has 1 amide bonds. The first-order valence-electron chi connectivity index (χ1n) is 12.0. The van der Waals surface area contributed by atoms with Crippen molar-refractivity contribution < 1.29 is 22.7 Å². The first-order chi connectivity index (χ1) is 16.9. The maximum Gasteiger partial charge on any atom is 0.412 e. The van der Waals surface area contributed by atoms with E-state index in [9.17, 15) is 13.2 Å². The van der Waals surface area contributed by atoms with E-state index in [-0.39, 0.29) is 17.0 Å². The lowest BCUT2D eigenvalue weighted by molar-refractivity contribution is -0.0626. The second kappa shape index (κ2) is 9.71. The van der Waals surface area contributed by atoms with Gasteiger partial charge in [-0.15, -0.1) is 0 Å². The van der Waals surface area contributed by atoms with E-state index in [0.717, 1.165) is 10.9 Å². The molecule has 4 rings (SSSR count). The lowest BCUT2D eigenvalue weighted by Gasteiger charge is -2.35. The van der Waals surface area contributed by atoms with Crippen LogP contribution in [-0.2, 0) is 25.9 Å². The number of sulfonamides is 1. The van der Waals surface area contributed by atoms with Gasteiger partial charge in [-0.1, -0.05) is 24.3 Å². The molecule has 8 nitrogen and oxygen atoms in total. The Labute approximate surface area is 212 Å². The third-order valence-corrected chi connectivity index (χ3v) is 7.51. The molecule has 9 heteroatoms. The summed E-state index contributed by atoms with van der Waals surface area (Å²) in [5.41, 5.74) is 0.174. The van der Waals surface area contributed by atoms with Gasteiger partial charge in [0.15, 0.2) is 0 Å². The van der Waals surface area contributed by atoms with Crippen molar-refractivity contribution in [3.05, 3.63) is 66.5 Å². The maximum absolute atomic E-state index is 13.1. The Balaban J connectivity index is 1.42. The number of aromatic nitrogens is 1. The number of pyridine rings is 1. The molecule has 1 N–H and O–H groups in total. The van der Waals surface area contributed by atoms with Gasteiger partial charge in [0.1, 0.15) is 11.3 Å². The van der Waals surface area contributed by atoms with Gasteiger partial charge in [-0.3, -0.25) is 14.6 Å². The molecular formula is C27H33N3O5S. The summed E-state index contributed by atoms with van der Waals surface area (Å²) in [6.45, 7) is 9.70. The van der Waals surface area contributed by atoms with Crippen LogP contribution in [0.4, 0.5) is 10.5 Å². The summed E-state index contributed by atoms with van der Waals surface area (Å²) in [7, 11) is -3.78. The quantitative estimate of drug-likeness (QED) is 0.480. The molecule has 1 fully saturated rings. The third-order valence-electron chi connectivity index (χ3n) is 6.07. The molecule has 2 aromatic carbocycles. The SMILES string of the molecule is CC(C)(C)OC(=O)N1[C@@H](CCc2ccc(NS(=O)(=O)c3cccc4cnccc34)cc2)COC1(C)C.